The van der Waals surface area contributed by atoms with Crippen LogP contribution in [0.1, 0.15) is 26.3 Å². The average Bonchev–Trinajstić information content (AvgIpc) is 2.19. The van der Waals surface area contributed by atoms with Crippen molar-refractivity contribution in [2.24, 2.45) is 0 Å². The molecule has 88 valence electrons. The summed E-state index contributed by atoms with van der Waals surface area (Å²) < 4.78 is 1.08. The molecule has 2 nitrogen and oxygen atoms in total. The third kappa shape index (κ3) is 6.05. The first-order valence-corrected chi connectivity index (χ1v) is 5.99. The molecular weight excluding hydrogens is 268 g/mol. The van der Waals surface area contributed by atoms with Gasteiger partial charge < -0.3 is 0 Å². The van der Waals surface area contributed by atoms with Crippen molar-refractivity contribution >= 4 is 22.0 Å². The minimum absolute atomic E-state index is 0.258. The second-order valence-corrected chi connectivity index (χ2v) is 5.35. The lowest BCUT2D eigenvalue weighted by molar-refractivity contribution is -0.341. The molecule has 0 aromatic heterocycles. The van der Waals surface area contributed by atoms with Gasteiger partial charge in [0, 0.05) is 4.47 Å². The van der Waals surface area contributed by atoms with Crippen LogP contribution in [0.15, 0.2) is 34.8 Å². The average molecular weight is 285 g/mol. The van der Waals surface area contributed by atoms with Crippen molar-refractivity contribution in [3.63, 3.8) is 0 Å². The van der Waals surface area contributed by atoms with E-state index in [4.69, 9.17) is 9.78 Å². The Bertz CT molecular complexity index is 336. The highest BCUT2D eigenvalue weighted by Crippen LogP contribution is 2.11. The number of halogens is 1. The van der Waals surface area contributed by atoms with Gasteiger partial charge in [0.2, 0.25) is 0 Å². The maximum absolute atomic E-state index is 5.13. The highest BCUT2D eigenvalue weighted by molar-refractivity contribution is 9.10. The Kier molecular flexibility index (Phi) is 5.19. The van der Waals surface area contributed by atoms with Crippen LogP contribution in [0.5, 0.6) is 0 Å². The van der Waals surface area contributed by atoms with Crippen molar-refractivity contribution in [3.05, 3.63) is 40.4 Å². The molecule has 1 aromatic rings. The monoisotopic (exact) mass is 284 g/mol. The maximum Gasteiger partial charge on any atom is 0.101 e. The zero-order valence-electron chi connectivity index (χ0n) is 9.87. The van der Waals surface area contributed by atoms with Gasteiger partial charge in [-0.05, 0) is 38.5 Å². The highest BCUT2D eigenvalue weighted by Gasteiger charge is 2.10. The molecule has 1 aromatic carbocycles. The number of benzene rings is 1. The van der Waals surface area contributed by atoms with E-state index in [1.807, 2.05) is 57.2 Å². The summed E-state index contributed by atoms with van der Waals surface area (Å²) in [5, 5.41) is 0. The Morgan fingerprint density at radius 1 is 1.19 bits per heavy atom. The quantitative estimate of drug-likeness (QED) is 0.468. The van der Waals surface area contributed by atoms with Crippen molar-refractivity contribution in [1.82, 2.24) is 0 Å². The molecule has 0 atom stereocenters. The fourth-order valence-electron chi connectivity index (χ4n) is 1.01. The van der Waals surface area contributed by atoms with Gasteiger partial charge >= 0.3 is 0 Å². The zero-order valence-corrected chi connectivity index (χ0v) is 11.5. The number of rotatable bonds is 4. The van der Waals surface area contributed by atoms with Crippen molar-refractivity contribution in [2.75, 3.05) is 6.61 Å². The Balaban J connectivity index is 2.30. The van der Waals surface area contributed by atoms with Crippen molar-refractivity contribution in [1.29, 1.82) is 0 Å². The SMILES string of the molecule is CC(C)(C)OOC/C=C/c1ccc(Br)cc1. The second-order valence-electron chi connectivity index (χ2n) is 4.43. The van der Waals surface area contributed by atoms with E-state index < -0.39 is 0 Å². The van der Waals surface area contributed by atoms with Gasteiger partial charge in [-0.25, -0.2) is 9.78 Å². The lowest BCUT2D eigenvalue weighted by atomic mass is 10.2. The molecular formula is C13H17BrO2. The summed E-state index contributed by atoms with van der Waals surface area (Å²) in [5.74, 6) is 0. The van der Waals surface area contributed by atoms with E-state index in [0.29, 0.717) is 6.61 Å². The van der Waals surface area contributed by atoms with Gasteiger partial charge in [0.15, 0.2) is 0 Å². The summed E-state index contributed by atoms with van der Waals surface area (Å²) in [6.45, 7) is 6.30. The first-order valence-electron chi connectivity index (χ1n) is 5.20. The Morgan fingerprint density at radius 3 is 2.38 bits per heavy atom. The fourth-order valence-corrected chi connectivity index (χ4v) is 1.27. The molecule has 0 bridgehead atoms. The van der Waals surface area contributed by atoms with Gasteiger partial charge in [0.05, 0.1) is 5.60 Å². The Hall–Kier alpha value is -0.640. The first-order chi connectivity index (χ1) is 7.47. The lowest BCUT2D eigenvalue weighted by Gasteiger charge is -2.16. The van der Waals surface area contributed by atoms with Crippen molar-refractivity contribution in [2.45, 2.75) is 26.4 Å². The van der Waals surface area contributed by atoms with Gasteiger partial charge in [-0.15, -0.1) is 0 Å². The molecule has 0 aliphatic rings. The molecule has 0 aliphatic carbocycles. The molecule has 3 heteroatoms. The van der Waals surface area contributed by atoms with Gasteiger partial charge in [-0.3, -0.25) is 0 Å². The molecule has 0 radical (unpaired) electrons. The predicted octanol–water partition coefficient (Wildman–Crippen LogP) is 4.21. The highest BCUT2D eigenvalue weighted by atomic mass is 79.9. The summed E-state index contributed by atoms with van der Waals surface area (Å²) in [5.41, 5.74) is 0.883. The van der Waals surface area contributed by atoms with Crippen LogP contribution in [-0.2, 0) is 9.78 Å². The third-order valence-electron chi connectivity index (χ3n) is 1.65. The fraction of sp³-hybridized carbons (Fsp3) is 0.385. The predicted molar refractivity (Wildman–Crippen MR) is 70.0 cm³/mol. The van der Waals surface area contributed by atoms with E-state index in [9.17, 15) is 0 Å². The molecule has 0 saturated heterocycles. The molecule has 0 fully saturated rings. The van der Waals surface area contributed by atoms with Crippen LogP contribution >= 0.6 is 15.9 Å². The second kappa shape index (κ2) is 6.18. The number of hydrogen-bond acceptors (Lipinski definition) is 2. The minimum Gasteiger partial charge on any atom is -0.232 e. The third-order valence-corrected chi connectivity index (χ3v) is 2.18. The van der Waals surface area contributed by atoms with E-state index >= 15 is 0 Å². The minimum atomic E-state index is -0.258. The van der Waals surface area contributed by atoms with E-state index in [2.05, 4.69) is 15.9 Å². The van der Waals surface area contributed by atoms with E-state index in [0.717, 1.165) is 10.0 Å². The molecule has 0 N–H and O–H groups in total. The topological polar surface area (TPSA) is 18.5 Å². The van der Waals surface area contributed by atoms with Gasteiger partial charge in [0.1, 0.15) is 6.61 Å². The van der Waals surface area contributed by atoms with E-state index in [1.165, 1.54) is 0 Å². The van der Waals surface area contributed by atoms with Crippen molar-refractivity contribution in [3.8, 4) is 0 Å². The molecule has 16 heavy (non-hydrogen) atoms. The Morgan fingerprint density at radius 2 is 1.81 bits per heavy atom. The standard InChI is InChI=1S/C13H17BrO2/c1-13(2,3)16-15-10-4-5-11-6-8-12(14)9-7-11/h4-9H,10H2,1-3H3/b5-4+. The molecule has 0 unspecified atom stereocenters. The summed E-state index contributed by atoms with van der Waals surface area (Å²) >= 11 is 3.39. The van der Waals surface area contributed by atoms with Crippen LogP contribution < -0.4 is 0 Å². The van der Waals surface area contributed by atoms with Crippen LogP contribution in [0.3, 0.4) is 0 Å². The van der Waals surface area contributed by atoms with E-state index in [1.54, 1.807) is 0 Å². The zero-order chi connectivity index (χ0) is 12.0. The summed E-state index contributed by atoms with van der Waals surface area (Å²) in [7, 11) is 0. The molecule has 1 rings (SSSR count). The summed E-state index contributed by atoms with van der Waals surface area (Å²) in [4.78, 5) is 10.2. The van der Waals surface area contributed by atoms with Crippen LogP contribution in [0.2, 0.25) is 0 Å². The van der Waals surface area contributed by atoms with Crippen LogP contribution in [0.25, 0.3) is 6.08 Å². The molecule has 0 saturated carbocycles. The maximum atomic E-state index is 5.13. The van der Waals surface area contributed by atoms with Gasteiger partial charge in [-0.1, -0.05) is 40.2 Å². The normalized spacial score (nSPS) is 12.2. The first kappa shape index (κ1) is 13.4. The van der Waals surface area contributed by atoms with Crippen LogP contribution in [0, 0.1) is 0 Å². The van der Waals surface area contributed by atoms with Gasteiger partial charge in [-0.2, -0.15) is 0 Å². The molecule has 0 spiro atoms. The smallest absolute Gasteiger partial charge is 0.101 e. The molecule has 0 aliphatic heterocycles. The van der Waals surface area contributed by atoms with Crippen molar-refractivity contribution < 1.29 is 9.78 Å². The summed E-state index contributed by atoms with van der Waals surface area (Å²) in [6, 6.07) is 8.08. The van der Waals surface area contributed by atoms with E-state index in [-0.39, 0.29) is 5.60 Å². The summed E-state index contributed by atoms with van der Waals surface area (Å²) in [6.07, 6.45) is 3.92. The van der Waals surface area contributed by atoms with Crippen LogP contribution in [0.4, 0.5) is 0 Å². The molecule has 0 amide bonds. The van der Waals surface area contributed by atoms with Gasteiger partial charge in [0.25, 0.3) is 0 Å². The lowest BCUT2D eigenvalue weighted by Crippen LogP contribution is -2.19. The largest absolute Gasteiger partial charge is 0.232 e. The molecule has 0 heterocycles. The number of hydrogen-bond donors (Lipinski definition) is 0. The van der Waals surface area contributed by atoms with Crippen LogP contribution in [-0.4, -0.2) is 12.2 Å². The Labute approximate surface area is 105 Å².